The Morgan fingerprint density at radius 2 is 2.00 bits per heavy atom. The fourth-order valence-electron chi connectivity index (χ4n) is 1.40. The molecule has 0 amide bonds. The van der Waals surface area contributed by atoms with Gasteiger partial charge in [0.05, 0.1) is 5.52 Å². The molecular formula is C11H7NO2. The smallest absolute Gasteiger partial charge is 0.152 e. The summed E-state index contributed by atoms with van der Waals surface area (Å²) in [5, 5.41) is 0.805. The zero-order valence-electron chi connectivity index (χ0n) is 7.31. The highest BCUT2D eigenvalue weighted by Crippen LogP contribution is 2.16. The van der Waals surface area contributed by atoms with Gasteiger partial charge >= 0.3 is 0 Å². The van der Waals surface area contributed by atoms with Crippen molar-refractivity contribution in [2.24, 2.45) is 0 Å². The third-order valence-corrected chi connectivity index (χ3v) is 2.02. The van der Waals surface area contributed by atoms with Crippen LogP contribution in [0, 0.1) is 0 Å². The van der Waals surface area contributed by atoms with Gasteiger partial charge in [-0.2, -0.15) is 0 Å². The van der Waals surface area contributed by atoms with E-state index in [1.807, 2.05) is 6.07 Å². The van der Waals surface area contributed by atoms with Crippen LogP contribution in [-0.4, -0.2) is 17.6 Å². The van der Waals surface area contributed by atoms with Crippen LogP contribution in [0.4, 0.5) is 0 Å². The highest BCUT2D eigenvalue weighted by atomic mass is 16.1. The summed E-state index contributed by atoms with van der Waals surface area (Å²) in [7, 11) is 0. The number of aldehydes is 2. The number of fused-ring (bicyclic) bond motifs is 1. The van der Waals surface area contributed by atoms with Crippen LogP contribution in [0.25, 0.3) is 10.9 Å². The average molecular weight is 185 g/mol. The summed E-state index contributed by atoms with van der Waals surface area (Å²) in [5.41, 5.74) is 1.57. The van der Waals surface area contributed by atoms with Crippen molar-refractivity contribution in [2.45, 2.75) is 0 Å². The second-order valence-electron chi connectivity index (χ2n) is 2.92. The quantitative estimate of drug-likeness (QED) is 0.671. The molecule has 1 aromatic heterocycles. The monoisotopic (exact) mass is 185 g/mol. The molecule has 2 aromatic rings. The zero-order chi connectivity index (χ0) is 9.97. The van der Waals surface area contributed by atoms with E-state index < -0.39 is 0 Å². The molecule has 0 aliphatic rings. The van der Waals surface area contributed by atoms with Crippen molar-refractivity contribution in [1.29, 1.82) is 0 Å². The van der Waals surface area contributed by atoms with Gasteiger partial charge in [0, 0.05) is 22.7 Å². The van der Waals surface area contributed by atoms with Crippen molar-refractivity contribution >= 4 is 23.5 Å². The minimum atomic E-state index is 0.449. The molecular weight excluding hydrogens is 178 g/mol. The molecule has 0 spiro atoms. The van der Waals surface area contributed by atoms with E-state index in [0.29, 0.717) is 22.9 Å². The topological polar surface area (TPSA) is 47.0 Å². The molecule has 2 rings (SSSR count). The Kier molecular flexibility index (Phi) is 2.07. The number of hydrogen-bond acceptors (Lipinski definition) is 3. The normalized spacial score (nSPS) is 10.0. The SMILES string of the molecule is O=Cc1cc(C=O)c2ncccc2c1. The number of benzene rings is 1. The molecule has 3 nitrogen and oxygen atoms in total. The van der Waals surface area contributed by atoms with Gasteiger partial charge in [-0.05, 0) is 18.2 Å². The maximum atomic E-state index is 10.7. The predicted molar refractivity (Wildman–Crippen MR) is 52.5 cm³/mol. The summed E-state index contributed by atoms with van der Waals surface area (Å²) in [5.74, 6) is 0. The summed E-state index contributed by atoms with van der Waals surface area (Å²) in [6.45, 7) is 0. The third-order valence-electron chi connectivity index (χ3n) is 2.02. The minimum Gasteiger partial charge on any atom is -0.298 e. The van der Waals surface area contributed by atoms with E-state index >= 15 is 0 Å². The molecule has 0 radical (unpaired) electrons. The Morgan fingerprint density at radius 3 is 2.71 bits per heavy atom. The van der Waals surface area contributed by atoms with Crippen molar-refractivity contribution in [3.8, 4) is 0 Å². The van der Waals surface area contributed by atoms with Gasteiger partial charge in [-0.15, -0.1) is 0 Å². The highest BCUT2D eigenvalue weighted by Gasteiger charge is 2.03. The molecule has 0 saturated heterocycles. The van der Waals surface area contributed by atoms with Crippen LogP contribution in [0.1, 0.15) is 20.7 Å². The second kappa shape index (κ2) is 3.38. The van der Waals surface area contributed by atoms with Crippen LogP contribution in [-0.2, 0) is 0 Å². The third kappa shape index (κ3) is 1.29. The van der Waals surface area contributed by atoms with E-state index in [2.05, 4.69) is 4.98 Å². The van der Waals surface area contributed by atoms with Crippen molar-refractivity contribution in [3.63, 3.8) is 0 Å². The van der Waals surface area contributed by atoms with Gasteiger partial charge in [0.1, 0.15) is 6.29 Å². The van der Waals surface area contributed by atoms with Gasteiger partial charge in [-0.25, -0.2) is 0 Å². The molecule has 0 atom stereocenters. The summed E-state index contributed by atoms with van der Waals surface area (Å²) in [6, 6.07) is 6.84. The molecule has 0 bridgehead atoms. The predicted octanol–water partition coefficient (Wildman–Crippen LogP) is 1.86. The van der Waals surface area contributed by atoms with E-state index in [1.54, 1.807) is 18.3 Å². The molecule has 0 N–H and O–H groups in total. The molecule has 68 valence electrons. The van der Waals surface area contributed by atoms with Crippen LogP contribution in [0.15, 0.2) is 30.5 Å². The molecule has 0 fully saturated rings. The molecule has 1 aromatic carbocycles. The lowest BCUT2D eigenvalue weighted by Crippen LogP contribution is -1.90. The molecule has 0 aliphatic carbocycles. The Bertz CT molecular complexity index is 506. The molecule has 3 heteroatoms. The average Bonchev–Trinajstić information content (AvgIpc) is 2.27. The Labute approximate surface area is 80.4 Å². The number of carbonyl (C=O) groups excluding carboxylic acids is 2. The maximum Gasteiger partial charge on any atom is 0.152 e. The van der Waals surface area contributed by atoms with Gasteiger partial charge in [-0.1, -0.05) is 6.07 Å². The second-order valence-corrected chi connectivity index (χ2v) is 2.92. The summed E-state index contributed by atoms with van der Waals surface area (Å²) < 4.78 is 0. The summed E-state index contributed by atoms with van der Waals surface area (Å²) >= 11 is 0. The van der Waals surface area contributed by atoms with E-state index in [-0.39, 0.29) is 0 Å². The van der Waals surface area contributed by atoms with Crippen LogP contribution >= 0.6 is 0 Å². The van der Waals surface area contributed by atoms with Crippen molar-refractivity contribution in [1.82, 2.24) is 4.98 Å². The van der Waals surface area contributed by atoms with E-state index in [0.717, 1.165) is 11.7 Å². The van der Waals surface area contributed by atoms with Gasteiger partial charge in [0.15, 0.2) is 6.29 Å². The first-order chi connectivity index (χ1) is 6.85. The Hall–Kier alpha value is -2.03. The van der Waals surface area contributed by atoms with Crippen molar-refractivity contribution in [3.05, 3.63) is 41.6 Å². The fourth-order valence-corrected chi connectivity index (χ4v) is 1.40. The first-order valence-corrected chi connectivity index (χ1v) is 4.14. The Morgan fingerprint density at radius 1 is 1.14 bits per heavy atom. The van der Waals surface area contributed by atoms with Crippen LogP contribution < -0.4 is 0 Å². The Balaban J connectivity index is 2.86. The summed E-state index contributed by atoms with van der Waals surface area (Å²) in [6.07, 6.45) is 3.05. The van der Waals surface area contributed by atoms with Crippen LogP contribution in [0.2, 0.25) is 0 Å². The number of pyridine rings is 1. The van der Waals surface area contributed by atoms with Crippen molar-refractivity contribution in [2.75, 3.05) is 0 Å². The lowest BCUT2D eigenvalue weighted by atomic mass is 10.1. The number of nitrogens with zero attached hydrogens (tertiary/aromatic N) is 1. The fraction of sp³-hybridized carbons (Fsp3) is 0. The number of carbonyl (C=O) groups is 2. The van der Waals surface area contributed by atoms with Crippen LogP contribution in [0.3, 0.4) is 0 Å². The van der Waals surface area contributed by atoms with Crippen molar-refractivity contribution < 1.29 is 9.59 Å². The summed E-state index contributed by atoms with van der Waals surface area (Å²) in [4.78, 5) is 25.4. The maximum absolute atomic E-state index is 10.7. The van der Waals surface area contributed by atoms with Crippen LogP contribution in [0.5, 0.6) is 0 Å². The minimum absolute atomic E-state index is 0.449. The van der Waals surface area contributed by atoms with Gasteiger partial charge in [0.25, 0.3) is 0 Å². The molecule has 0 unspecified atom stereocenters. The number of aromatic nitrogens is 1. The lowest BCUT2D eigenvalue weighted by Gasteiger charge is -2.00. The largest absolute Gasteiger partial charge is 0.298 e. The molecule has 0 saturated carbocycles. The van der Waals surface area contributed by atoms with Gasteiger partial charge in [-0.3, -0.25) is 14.6 Å². The van der Waals surface area contributed by atoms with E-state index in [9.17, 15) is 9.59 Å². The molecule has 0 aliphatic heterocycles. The number of rotatable bonds is 2. The van der Waals surface area contributed by atoms with E-state index in [4.69, 9.17) is 0 Å². The zero-order valence-corrected chi connectivity index (χ0v) is 7.31. The highest BCUT2D eigenvalue weighted by molar-refractivity contribution is 5.98. The number of hydrogen-bond donors (Lipinski definition) is 0. The lowest BCUT2D eigenvalue weighted by molar-refractivity contribution is 0.112. The van der Waals surface area contributed by atoms with Gasteiger partial charge in [0.2, 0.25) is 0 Å². The molecule has 14 heavy (non-hydrogen) atoms. The standard InChI is InChI=1S/C11H7NO2/c13-6-8-4-9-2-1-3-12-11(9)10(5-8)7-14/h1-7H. The first-order valence-electron chi connectivity index (χ1n) is 4.14. The van der Waals surface area contributed by atoms with Gasteiger partial charge < -0.3 is 0 Å². The first kappa shape index (κ1) is 8.56. The van der Waals surface area contributed by atoms with E-state index in [1.165, 1.54) is 6.07 Å². The molecule has 1 heterocycles.